The van der Waals surface area contributed by atoms with Gasteiger partial charge in [0.15, 0.2) is 17.4 Å². The van der Waals surface area contributed by atoms with Crippen molar-refractivity contribution in [2.75, 3.05) is 0 Å². The van der Waals surface area contributed by atoms with Crippen LogP contribution in [0.4, 0.5) is 4.70 Å². The Bertz CT molecular complexity index is 118. The van der Waals surface area contributed by atoms with Crippen molar-refractivity contribution in [1.29, 1.82) is 0 Å². The van der Waals surface area contributed by atoms with Gasteiger partial charge in [-0.15, -0.1) is 30.3 Å². The van der Waals surface area contributed by atoms with Gasteiger partial charge in [0.05, 0.1) is 0 Å². The zero-order chi connectivity index (χ0) is 10.7. The molecule has 0 radical (unpaired) electrons. The van der Waals surface area contributed by atoms with Gasteiger partial charge in [-0.25, -0.2) is 0 Å². The standard InChI is InChI=1S/Al.FH.3HNO3.3H/c;;3*2-1(3)4;;;/h;1H;3*(H,2,3,4);;;. The average Bonchev–Trinajstić information content (AvgIpc) is 1.54. The molecule has 0 amide bonds. The zero-order valence-electron chi connectivity index (χ0n) is 5.54. The van der Waals surface area contributed by atoms with E-state index in [0.29, 0.717) is 0 Å². The Morgan fingerprint density at radius 1 is 0.714 bits per heavy atom. The Kier molecular flexibility index (Phi) is 47.5. The quantitative estimate of drug-likeness (QED) is 0.242. The van der Waals surface area contributed by atoms with E-state index in [1.807, 2.05) is 0 Å². The third kappa shape index (κ3) is 220. The summed E-state index contributed by atoms with van der Waals surface area (Å²) in [5, 5.41) is 40.9. The van der Waals surface area contributed by atoms with Gasteiger partial charge in [-0.3, -0.25) is 4.70 Å². The number of nitrogens with zero attached hydrogens (tertiary/aromatic N) is 3. The molecule has 14 heteroatoms. The highest BCUT2D eigenvalue weighted by atomic mass is 27.0. The monoisotopic (exact) mass is 239 g/mol. The average molecular weight is 239 g/mol. The van der Waals surface area contributed by atoms with E-state index in [1.54, 1.807) is 0 Å². The lowest BCUT2D eigenvalue weighted by atomic mass is 13.1. The fraction of sp³-hybridized carbons (Fsp3) is 0. The fourth-order valence-electron chi connectivity index (χ4n) is 0. The van der Waals surface area contributed by atoms with E-state index in [-0.39, 0.29) is 22.1 Å². The van der Waals surface area contributed by atoms with Crippen molar-refractivity contribution in [2.24, 2.45) is 0 Å². The van der Waals surface area contributed by atoms with Crippen LogP contribution in [0.5, 0.6) is 0 Å². The van der Waals surface area contributed by atoms with Crippen molar-refractivity contribution in [1.82, 2.24) is 0 Å². The lowest BCUT2D eigenvalue weighted by molar-refractivity contribution is -0.742. The van der Waals surface area contributed by atoms with Gasteiger partial charge in [0.2, 0.25) is 0 Å². The van der Waals surface area contributed by atoms with E-state index in [2.05, 4.69) is 0 Å². The second-order valence-corrected chi connectivity index (χ2v) is 0.714. The molecule has 0 spiro atoms. The Balaban J connectivity index is -0.0000000270. The molecular formula is H7AlFN3O9. The van der Waals surface area contributed by atoms with Crippen molar-refractivity contribution < 1.29 is 35.6 Å². The maximum atomic E-state index is 8.36. The molecule has 0 aromatic rings. The van der Waals surface area contributed by atoms with Crippen molar-refractivity contribution in [3.05, 3.63) is 30.3 Å². The third-order valence-electron chi connectivity index (χ3n) is 0. The van der Waals surface area contributed by atoms with Crippen LogP contribution in [-0.4, -0.2) is 48.2 Å². The van der Waals surface area contributed by atoms with Crippen LogP contribution in [0.15, 0.2) is 0 Å². The molecule has 0 aliphatic carbocycles. The summed E-state index contributed by atoms with van der Waals surface area (Å²) in [7, 11) is 0. The first-order valence-electron chi connectivity index (χ1n) is 1.70. The van der Waals surface area contributed by atoms with Gasteiger partial charge < -0.3 is 15.6 Å². The highest BCUT2D eigenvalue weighted by Gasteiger charge is 1.66. The van der Waals surface area contributed by atoms with Gasteiger partial charge in [-0.05, 0) is 0 Å². The van der Waals surface area contributed by atoms with E-state index in [1.165, 1.54) is 0 Å². The molecular weight excluding hydrogens is 232 g/mol. The molecule has 0 rings (SSSR count). The molecule has 3 N–H and O–H groups in total. The molecule has 0 aromatic heterocycles. The van der Waals surface area contributed by atoms with E-state index >= 15 is 0 Å². The van der Waals surface area contributed by atoms with Crippen molar-refractivity contribution in [2.45, 2.75) is 0 Å². The van der Waals surface area contributed by atoms with Gasteiger partial charge in [0, 0.05) is 0 Å². The number of hydrogen-bond donors (Lipinski definition) is 3. The smallest absolute Gasteiger partial charge is 0.291 e. The van der Waals surface area contributed by atoms with Crippen LogP contribution < -0.4 is 0 Å². The summed E-state index contributed by atoms with van der Waals surface area (Å²) in [6.07, 6.45) is 0. The van der Waals surface area contributed by atoms with Crippen LogP contribution in [0.1, 0.15) is 0 Å². The SMILES string of the molecule is F.O=[N+]([O-])O.O=[N+]([O-])O.O=[N+]([O-])O.[AlH3]. The maximum absolute atomic E-state index is 8.36. The Labute approximate surface area is 84.2 Å². The number of hydrogen-bond acceptors (Lipinski definition) is 6. The van der Waals surface area contributed by atoms with Crippen molar-refractivity contribution in [3.63, 3.8) is 0 Å². The summed E-state index contributed by atoms with van der Waals surface area (Å²) in [5.41, 5.74) is 0. The van der Waals surface area contributed by atoms with E-state index in [0.717, 1.165) is 0 Å². The van der Waals surface area contributed by atoms with Gasteiger partial charge >= 0.3 is 0 Å². The first-order chi connectivity index (χ1) is 5.20. The lowest BCUT2D eigenvalue weighted by Crippen LogP contribution is -1.81. The Morgan fingerprint density at radius 2 is 0.714 bits per heavy atom. The molecule has 0 unspecified atom stereocenters. The molecule has 86 valence electrons. The molecule has 14 heavy (non-hydrogen) atoms. The minimum Gasteiger partial charge on any atom is -0.328 e. The molecule has 0 aliphatic rings. The molecule has 0 atom stereocenters. The van der Waals surface area contributed by atoms with Crippen LogP contribution in [0.25, 0.3) is 0 Å². The summed E-state index contributed by atoms with van der Waals surface area (Å²) < 4.78 is 0. The Morgan fingerprint density at radius 3 is 0.714 bits per heavy atom. The molecule has 0 fully saturated rings. The summed E-state index contributed by atoms with van der Waals surface area (Å²) in [4.78, 5) is 25.1. The highest BCUT2D eigenvalue weighted by molar-refractivity contribution is 5.75. The summed E-state index contributed by atoms with van der Waals surface area (Å²) in [6, 6.07) is 0. The minimum absolute atomic E-state index is 0. The summed E-state index contributed by atoms with van der Waals surface area (Å²) in [6.45, 7) is 0. The predicted molar refractivity (Wildman–Crippen MR) is 38.8 cm³/mol. The number of halogens is 1. The highest BCUT2D eigenvalue weighted by Crippen LogP contribution is 1.39. The number of rotatable bonds is 0. The van der Waals surface area contributed by atoms with Gasteiger partial charge in [0.1, 0.15) is 0 Å². The molecule has 0 bridgehead atoms. The van der Waals surface area contributed by atoms with Crippen molar-refractivity contribution in [3.8, 4) is 0 Å². The van der Waals surface area contributed by atoms with Crippen LogP contribution in [0, 0.1) is 30.3 Å². The molecule has 12 nitrogen and oxygen atoms in total. The summed E-state index contributed by atoms with van der Waals surface area (Å²) >= 11 is 0. The van der Waals surface area contributed by atoms with Crippen LogP contribution in [0.2, 0.25) is 0 Å². The van der Waals surface area contributed by atoms with E-state index < -0.39 is 15.3 Å². The van der Waals surface area contributed by atoms with Crippen molar-refractivity contribution >= 4 is 17.4 Å². The molecule has 0 saturated carbocycles. The topological polar surface area (TPSA) is 190 Å². The zero-order valence-corrected chi connectivity index (χ0v) is 5.54. The fourth-order valence-corrected chi connectivity index (χ4v) is 0. The van der Waals surface area contributed by atoms with Crippen LogP contribution in [-0.2, 0) is 0 Å². The predicted octanol–water partition coefficient (Wildman–Crippen LogP) is -2.07. The van der Waals surface area contributed by atoms with Gasteiger partial charge in [-0.2, -0.15) is 0 Å². The van der Waals surface area contributed by atoms with Gasteiger partial charge in [-0.1, -0.05) is 0 Å². The molecule has 0 aliphatic heterocycles. The van der Waals surface area contributed by atoms with E-state index in [4.69, 9.17) is 46.0 Å². The lowest BCUT2D eigenvalue weighted by Gasteiger charge is -1.56. The van der Waals surface area contributed by atoms with Crippen LogP contribution >= 0.6 is 0 Å². The third-order valence-corrected chi connectivity index (χ3v) is 0. The minimum atomic E-state index is -1.50. The second-order valence-electron chi connectivity index (χ2n) is 0.714. The first-order valence-corrected chi connectivity index (χ1v) is 1.70. The molecule has 0 saturated heterocycles. The second kappa shape index (κ2) is 22.5. The Hall–Kier alpha value is -1.94. The maximum Gasteiger partial charge on any atom is 0.291 e. The largest absolute Gasteiger partial charge is 0.328 e. The molecule has 0 aromatic carbocycles. The van der Waals surface area contributed by atoms with E-state index in [9.17, 15) is 0 Å². The summed E-state index contributed by atoms with van der Waals surface area (Å²) in [5.74, 6) is 0. The van der Waals surface area contributed by atoms with Gasteiger partial charge in [0.25, 0.3) is 15.3 Å². The van der Waals surface area contributed by atoms with Crippen LogP contribution in [0.3, 0.4) is 0 Å². The normalized spacial score (nSPS) is 5.14. The first kappa shape index (κ1) is 29.6. The molecule has 0 heterocycles.